The van der Waals surface area contributed by atoms with Crippen molar-refractivity contribution in [2.75, 3.05) is 6.61 Å². The third-order valence-electron chi connectivity index (χ3n) is 5.26. The summed E-state index contributed by atoms with van der Waals surface area (Å²) < 4.78 is 5.69. The minimum absolute atomic E-state index is 0.727. The Balaban J connectivity index is 1.64. The zero-order chi connectivity index (χ0) is 17.0. The van der Waals surface area contributed by atoms with Crippen LogP contribution in [0.3, 0.4) is 0 Å². The van der Waals surface area contributed by atoms with Crippen LogP contribution in [0.15, 0.2) is 49.1 Å². The summed E-state index contributed by atoms with van der Waals surface area (Å²) in [6.07, 6.45) is 16.7. The molecule has 0 unspecified atom stereocenters. The van der Waals surface area contributed by atoms with Gasteiger partial charge in [-0.15, -0.1) is 6.58 Å². The van der Waals surface area contributed by atoms with E-state index < -0.39 is 0 Å². The van der Waals surface area contributed by atoms with Crippen LogP contribution in [0.4, 0.5) is 0 Å². The van der Waals surface area contributed by atoms with E-state index in [9.17, 15) is 0 Å². The van der Waals surface area contributed by atoms with Gasteiger partial charge in [-0.25, -0.2) is 0 Å². The molecule has 1 fully saturated rings. The summed E-state index contributed by atoms with van der Waals surface area (Å²) in [5.74, 6) is 1.84. The van der Waals surface area contributed by atoms with Gasteiger partial charge in [-0.3, -0.25) is 0 Å². The van der Waals surface area contributed by atoms with Gasteiger partial charge in [0.25, 0.3) is 0 Å². The summed E-state index contributed by atoms with van der Waals surface area (Å²) in [6.45, 7) is 7.46. The second-order valence-electron chi connectivity index (χ2n) is 7.18. The molecule has 0 radical (unpaired) electrons. The van der Waals surface area contributed by atoms with Gasteiger partial charge in [0.1, 0.15) is 0 Å². The molecule has 0 heterocycles. The lowest BCUT2D eigenvalue weighted by atomic mass is 9.78. The molecule has 0 aromatic heterocycles. The van der Waals surface area contributed by atoms with Gasteiger partial charge in [-0.1, -0.05) is 55.3 Å². The van der Waals surface area contributed by atoms with E-state index in [0.717, 1.165) is 31.5 Å². The predicted molar refractivity (Wildman–Crippen MR) is 104 cm³/mol. The fourth-order valence-electron chi connectivity index (χ4n) is 3.67. The van der Waals surface area contributed by atoms with Gasteiger partial charge in [0.05, 0.1) is 13.2 Å². The SMILES string of the molecule is C=CCC1CCC(CCc2ccc(COCCC=CC)cc2)CC1. The highest BCUT2D eigenvalue weighted by atomic mass is 16.5. The average Bonchev–Trinajstić information content (AvgIpc) is 2.62. The third kappa shape index (κ3) is 7.05. The van der Waals surface area contributed by atoms with E-state index in [0.29, 0.717) is 0 Å². The maximum Gasteiger partial charge on any atom is 0.0717 e. The Morgan fingerprint density at radius 3 is 2.38 bits per heavy atom. The highest BCUT2D eigenvalue weighted by molar-refractivity contribution is 5.22. The van der Waals surface area contributed by atoms with E-state index in [2.05, 4.69) is 49.1 Å². The molecule has 2 rings (SSSR count). The smallest absolute Gasteiger partial charge is 0.0717 e. The van der Waals surface area contributed by atoms with Gasteiger partial charge in [-0.05, 0) is 68.4 Å². The molecule has 0 atom stereocenters. The molecular formula is C23H34O. The zero-order valence-corrected chi connectivity index (χ0v) is 15.4. The first-order chi connectivity index (χ1) is 11.8. The number of benzene rings is 1. The molecule has 1 aromatic carbocycles. The average molecular weight is 327 g/mol. The quantitative estimate of drug-likeness (QED) is 0.353. The van der Waals surface area contributed by atoms with Crippen LogP contribution in [0, 0.1) is 11.8 Å². The molecule has 1 saturated carbocycles. The van der Waals surface area contributed by atoms with Crippen molar-refractivity contribution in [3.63, 3.8) is 0 Å². The van der Waals surface area contributed by atoms with Crippen molar-refractivity contribution in [2.24, 2.45) is 11.8 Å². The molecule has 1 heteroatoms. The molecule has 0 saturated heterocycles. The van der Waals surface area contributed by atoms with E-state index in [4.69, 9.17) is 4.74 Å². The highest BCUT2D eigenvalue weighted by Gasteiger charge is 2.19. The standard InChI is InChI=1S/C23H34O/c1-3-5-6-18-24-19-23-16-14-22(15-17-23)13-12-21-10-8-20(7-4-2)9-11-21/h3-5,14-17,20-21H,2,6-13,18-19H2,1H3. The molecule has 1 nitrogen and oxygen atoms in total. The summed E-state index contributed by atoms with van der Waals surface area (Å²) in [5, 5.41) is 0. The maximum absolute atomic E-state index is 5.69. The normalized spacial score (nSPS) is 21.2. The number of aryl methyl sites for hydroxylation is 1. The van der Waals surface area contributed by atoms with E-state index in [1.165, 1.54) is 56.1 Å². The number of hydrogen-bond acceptors (Lipinski definition) is 1. The van der Waals surface area contributed by atoms with Crippen LogP contribution in [-0.4, -0.2) is 6.61 Å². The minimum Gasteiger partial charge on any atom is -0.376 e. The summed E-state index contributed by atoms with van der Waals surface area (Å²) in [4.78, 5) is 0. The van der Waals surface area contributed by atoms with E-state index in [-0.39, 0.29) is 0 Å². The lowest BCUT2D eigenvalue weighted by Crippen LogP contribution is -2.14. The Bertz CT molecular complexity index is 477. The van der Waals surface area contributed by atoms with Crippen LogP contribution in [0.5, 0.6) is 0 Å². The van der Waals surface area contributed by atoms with Crippen LogP contribution in [0.25, 0.3) is 0 Å². The van der Waals surface area contributed by atoms with Gasteiger partial charge < -0.3 is 4.74 Å². The van der Waals surface area contributed by atoms with E-state index in [1.807, 2.05) is 6.92 Å². The van der Waals surface area contributed by atoms with Gasteiger partial charge in [0, 0.05) is 0 Å². The van der Waals surface area contributed by atoms with Crippen molar-refractivity contribution in [2.45, 2.75) is 64.9 Å². The summed E-state index contributed by atoms with van der Waals surface area (Å²) >= 11 is 0. The summed E-state index contributed by atoms with van der Waals surface area (Å²) in [7, 11) is 0. The molecule has 132 valence electrons. The third-order valence-corrected chi connectivity index (χ3v) is 5.26. The fraction of sp³-hybridized carbons (Fsp3) is 0.565. The van der Waals surface area contributed by atoms with Crippen molar-refractivity contribution >= 4 is 0 Å². The van der Waals surface area contributed by atoms with Crippen molar-refractivity contribution in [3.05, 3.63) is 60.2 Å². The Kier molecular flexibility index (Phi) is 8.91. The summed E-state index contributed by atoms with van der Waals surface area (Å²) in [6, 6.07) is 9.03. The second-order valence-corrected chi connectivity index (χ2v) is 7.18. The largest absolute Gasteiger partial charge is 0.376 e. The molecule has 0 N–H and O–H groups in total. The molecule has 24 heavy (non-hydrogen) atoms. The van der Waals surface area contributed by atoms with Crippen molar-refractivity contribution in [3.8, 4) is 0 Å². The first kappa shape index (κ1) is 19.0. The fourth-order valence-corrected chi connectivity index (χ4v) is 3.67. The molecule has 1 aromatic rings. The van der Waals surface area contributed by atoms with Crippen LogP contribution in [-0.2, 0) is 17.8 Å². The van der Waals surface area contributed by atoms with Gasteiger partial charge in [0.15, 0.2) is 0 Å². The first-order valence-corrected chi connectivity index (χ1v) is 9.69. The van der Waals surface area contributed by atoms with Crippen LogP contribution in [0.1, 0.15) is 63.0 Å². The van der Waals surface area contributed by atoms with Crippen molar-refractivity contribution in [1.29, 1.82) is 0 Å². The number of ether oxygens (including phenoxy) is 1. The summed E-state index contributed by atoms with van der Waals surface area (Å²) in [5.41, 5.74) is 2.75. The molecule has 0 bridgehead atoms. The topological polar surface area (TPSA) is 9.23 Å². The van der Waals surface area contributed by atoms with Gasteiger partial charge in [-0.2, -0.15) is 0 Å². The van der Waals surface area contributed by atoms with Gasteiger partial charge in [0.2, 0.25) is 0 Å². The molecule has 0 aliphatic heterocycles. The van der Waals surface area contributed by atoms with Crippen LogP contribution >= 0.6 is 0 Å². The van der Waals surface area contributed by atoms with Crippen LogP contribution in [0.2, 0.25) is 0 Å². The molecule has 1 aliphatic rings. The second kappa shape index (κ2) is 11.3. The monoisotopic (exact) mass is 326 g/mol. The number of rotatable bonds is 10. The van der Waals surface area contributed by atoms with Crippen LogP contribution < -0.4 is 0 Å². The van der Waals surface area contributed by atoms with Crippen molar-refractivity contribution < 1.29 is 4.74 Å². The zero-order valence-electron chi connectivity index (χ0n) is 15.4. The molecule has 1 aliphatic carbocycles. The Morgan fingerprint density at radius 2 is 1.71 bits per heavy atom. The lowest BCUT2D eigenvalue weighted by Gasteiger charge is -2.27. The van der Waals surface area contributed by atoms with E-state index >= 15 is 0 Å². The number of hydrogen-bond donors (Lipinski definition) is 0. The molecule has 0 spiro atoms. The van der Waals surface area contributed by atoms with Crippen molar-refractivity contribution in [1.82, 2.24) is 0 Å². The first-order valence-electron chi connectivity index (χ1n) is 9.69. The van der Waals surface area contributed by atoms with E-state index in [1.54, 1.807) is 0 Å². The Labute approximate surface area is 148 Å². The predicted octanol–water partition coefficient (Wildman–Crippen LogP) is 6.48. The number of allylic oxidation sites excluding steroid dienone is 2. The Hall–Kier alpha value is -1.34. The highest BCUT2D eigenvalue weighted by Crippen LogP contribution is 2.33. The minimum atomic E-state index is 0.727. The molecular weight excluding hydrogens is 292 g/mol. The van der Waals surface area contributed by atoms with Gasteiger partial charge >= 0.3 is 0 Å². The lowest BCUT2D eigenvalue weighted by molar-refractivity contribution is 0.125. The Morgan fingerprint density at radius 1 is 1.04 bits per heavy atom. The maximum atomic E-state index is 5.69. The molecule has 0 amide bonds.